The smallest absolute Gasteiger partial charge is 0.206 e. The second-order valence-electron chi connectivity index (χ2n) is 7.26. The third kappa shape index (κ3) is 3.50. The van der Waals surface area contributed by atoms with Crippen molar-refractivity contribution in [2.45, 2.75) is 31.7 Å². The first-order valence-corrected chi connectivity index (χ1v) is 9.86. The molecule has 7 nitrogen and oxygen atoms in total. The summed E-state index contributed by atoms with van der Waals surface area (Å²) >= 11 is 0. The molecule has 0 radical (unpaired) electrons. The van der Waals surface area contributed by atoms with Crippen molar-refractivity contribution in [3.63, 3.8) is 0 Å². The van der Waals surface area contributed by atoms with Crippen LogP contribution in [0.2, 0.25) is 0 Å². The lowest BCUT2D eigenvalue weighted by molar-refractivity contribution is -0.0195. The van der Waals surface area contributed by atoms with Crippen LogP contribution >= 0.6 is 0 Å². The SMILES string of the molecule is OC[C@@H]1CC[C@H](n2c(NCc3ccc(-n4ccnc4)cc3)nc3ccccc32)O1. The van der Waals surface area contributed by atoms with E-state index in [1.807, 2.05) is 29.0 Å². The zero-order chi connectivity index (χ0) is 19.6. The summed E-state index contributed by atoms with van der Waals surface area (Å²) in [6.07, 6.45) is 6.97. The zero-order valence-corrected chi connectivity index (χ0v) is 16.0. The summed E-state index contributed by atoms with van der Waals surface area (Å²) in [5.41, 5.74) is 4.21. The second kappa shape index (κ2) is 7.69. The minimum Gasteiger partial charge on any atom is -0.394 e. The average Bonchev–Trinajstić information content (AvgIpc) is 3.51. The number of rotatable bonds is 6. The van der Waals surface area contributed by atoms with Crippen molar-refractivity contribution in [2.75, 3.05) is 11.9 Å². The molecule has 2 N–H and O–H groups in total. The van der Waals surface area contributed by atoms with E-state index in [9.17, 15) is 5.11 Å². The Morgan fingerprint density at radius 3 is 2.72 bits per heavy atom. The Hall–Kier alpha value is -3.16. The molecule has 2 atom stereocenters. The van der Waals surface area contributed by atoms with Gasteiger partial charge in [0.2, 0.25) is 5.95 Å². The van der Waals surface area contributed by atoms with Crippen molar-refractivity contribution >= 4 is 17.0 Å². The lowest BCUT2D eigenvalue weighted by Gasteiger charge is -2.18. The molecule has 4 aromatic rings. The molecule has 3 heterocycles. The van der Waals surface area contributed by atoms with Gasteiger partial charge in [0, 0.05) is 24.6 Å². The molecule has 1 aliphatic heterocycles. The van der Waals surface area contributed by atoms with Gasteiger partial charge in [-0.05, 0) is 42.7 Å². The number of imidazole rings is 2. The van der Waals surface area contributed by atoms with Gasteiger partial charge in [-0.15, -0.1) is 0 Å². The van der Waals surface area contributed by atoms with E-state index in [4.69, 9.17) is 9.72 Å². The number of aliphatic hydroxyl groups is 1. The van der Waals surface area contributed by atoms with E-state index in [1.54, 1.807) is 12.5 Å². The predicted molar refractivity (Wildman–Crippen MR) is 111 cm³/mol. The maximum atomic E-state index is 9.44. The quantitative estimate of drug-likeness (QED) is 0.528. The molecule has 0 bridgehead atoms. The van der Waals surface area contributed by atoms with Gasteiger partial charge in [0.25, 0.3) is 0 Å². The highest BCUT2D eigenvalue weighted by atomic mass is 16.5. The van der Waals surface area contributed by atoms with E-state index in [1.165, 1.54) is 0 Å². The van der Waals surface area contributed by atoms with Crippen molar-refractivity contribution in [1.82, 2.24) is 19.1 Å². The van der Waals surface area contributed by atoms with E-state index in [0.717, 1.165) is 41.1 Å². The maximum absolute atomic E-state index is 9.44. The van der Waals surface area contributed by atoms with E-state index in [-0.39, 0.29) is 18.9 Å². The Bertz CT molecular complexity index is 1090. The molecule has 7 heteroatoms. The van der Waals surface area contributed by atoms with Gasteiger partial charge in [0.05, 0.1) is 30.1 Å². The summed E-state index contributed by atoms with van der Waals surface area (Å²) in [6, 6.07) is 16.4. The van der Waals surface area contributed by atoms with E-state index >= 15 is 0 Å². The van der Waals surface area contributed by atoms with Crippen LogP contribution in [0.4, 0.5) is 5.95 Å². The molecule has 0 amide bonds. The maximum Gasteiger partial charge on any atom is 0.206 e. The molecule has 1 saturated heterocycles. The van der Waals surface area contributed by atoms with E-state index in [2.05, 4.69) is 45.2 Å². The van der Waals surface area contributed by atoms with Gasteiger partial charge in [-0.1, -0.05) is 24.3 Å². The highest BCUT2D eigenvalue weighted by Gasteiger charge is 2.29. The fourth-order valence-electron chi connectivity index (χ4n) is 3.85. The van der Waals surface area contributed by atoms with Crippen LogP contribution in [-0.2, 0) is 11.3 Å². The Morgan fingerprint density at radius 2 is 1.97 bits per heavy atom. The first-order valence-electron chi connectivity index (χ1n) is 9.86. The molecule has 5 rings (SSSR count). The molecule has 2 aromatic heterocycles. The van der Waals surface area contributed by atoms with Crippen LogP contribution in [0.15, 0.2) is 67.3 Å². The minimum absolute atomic E-state index is 0.0507. The van der Waals surface area contributed by atoms with Gasteiger partial charge in [0.1, 0.15) is 6.23 Å². The number of hydrogen-bond donors (Lipinski definition) is 2. The number of nitrogens with zero attached hydrogens (tertiary/aromatic N) is 4. The third-order valence-corrected chi connectivity index (χ3v) is 5.36. The topological polar surface area (TPSA) is 77.1 Å². The number of ether oxygens (including phenoxy) is 1. The van der Waals surface area contributed by atoms with Gasteiger partial charge < -0.3 is 19.7 Å². The summed E-state index contributed by atoms with van der Waals surface area (Å²) in [4.78, 5) is 8.87. The van der Waals surface area contributed by atoms with Crippen molar-refractivity contribution in [3.8, 4) is 5.69 Å². The summed E-state index contributed by atoms with van der Waals surface area (Å²) in [5, 5.41) is 12.9. The van der Waals surface area contributed by atoms with Crippen LogP contribution in [0.25, 0.3) is 16.7 Å². The molecule has 0 aliphatic carbocycles. The standard InChI is InChI=1S/C22H23N5O2/c28-14-18-9-10-21(29-18)27-20-4-2-1-3-19(20)25-22(27)24-13-16-5-7-17(8-6-16)26-12-11-23-15-26/h1-8,11-12,15,18,21,28H,9-10,13-14H2,(H,24,25)/t18-,21+/m0/s1. The third-order valence-electron chi connectivity index (χ3n) is 5.36. The fourth-order valence-corrected chi connectivity index (χ4v) is 3.85. The van der Waals surface area contributed by atoms with Gasteiger partial charge in [-0.2, -0.15) is 0 Å². The lowest BCUT2D eigenvalue weighted by atomic mass is 10.2. The fraction of sp³-hybridized carbons (Fsp3) is 0.273. The van der Waals surface area contributed by atoms with Crippen LogP contribution < -0.4 is 5.32 Å². The van der Waals surface area contributed by atoms with Gasteiger partial charge in [0.15, 0.2) is 0 Å². The first-order chi connectivity index (χ1) is 14.3. The van der Waals surface area contributed by atoms with Crippen LogP contribution in [-0.4, -0.2) is 36.9 Å². The van der Waals surface area contributed by atoms with Gasteiger partial charge in [-0.3, -0.25) is 4.57 Å². The number of benzene rings is 2. The van der Waals surface area contributed by atoms with Crippen molar-refractivity contribution in [2.24, 2.45) is 0 Å². The molecule has 0 unspecified atom stereocenters. The first kappa shape index (κ1) is 17.9. The molecule has 2 aromatic carbocycles. The van der Waals surface area contributed by atoms with Crippen LogP contribution in [0.1, 0.15) is 24.6 Å². The zero-order valence-electron chi connectivity index (χ0n) is 16.0. The minimum atomic E-state index is -0.120. The van der Waals surface area contributed by atoms with Gasteiger partial charge in [-0.25, -0.2) is 9.97 Å². The van der Waals surface area contributed by atoms with Crippen molar-refractivity contribution in [1.29, 1.82) is 0 Å². The van der Waals surface area contributed by atoms with Gasteiger partial charge >= 0.3 is 0 Å². The molecule has 1 aliphatic rings. The number of fused-ring (bicyclic) bond motifs is 1. The second-order valence-corrected chi connectivity index (χ2v) is 7.26. The summed E-state index contributed by atoms with van der Waals surface area (Å²) < 4.78 is 10.1. The van der Waals surface area contributed by atoms with Crippen LogP contribution in [0, 0.1) is 0 Å². The van der Waals surface area contributed by atoms with Crippen molar-refractivity contribution in [3.05, 3.63) is 72.8 Å². The predicted octanol–water partition coefficient (Wildman–Crippen LogP) is 3.50. The lowest BCUT2D eigenvalue weighted by Crippen LogP contribution is -2.16. The number of aliphatic hydroxyl groups excluding tert-OH is 1. The Morgan fingerprint density at radius 1 is 1.10 bits per heavy atom. The summed E-state index contributed by atoms with van der Waals surface area (Å²) in [5.74, 6) is 0.786. The highest BCUT2D eigenvalue weighted by molar-refractivity contribution is 5.78. The summed E-state index contributed by atoms with van der Waals surface area (Å²) in [7, 11) is 0. The average molecular weight is 389 g/mol. The van der Waals surface area contributed by atoms with E-state index < -0.39 is 0 Å². The Kier molecular flexibility index (Phi) is 4.75. The van der Waals surface area contributed by atoms with Crippen molar-refractivity contribution < 1.29 is 9.84 Å². The number of anilines is 1. The largest absolute Gasteiger partial charge is 0.394 e. The van der Waals surface area contributed by atoms with E-state index in [0.29, 0.717) is 6.54 Å². The molecular weight excluding hydrogens is 366 g/mol. The molecule has 0 spiro atoms. The van der Waals surface area contributed by atoms with Crippen LogP contribution in [0.3, 0.4) is 0 Å². The molecule has 0 saturated carbocycles. The number of nitrogens with one attached hydrogen (secondary N) is 1. The number of hydrogen-bond acceptors (Lipinski definition) is 5. The number of aromatic nitrogens is 4. The Balaban J connectivity index is 1.38. The summed E-state index contributed by atoms with van der Waals surface area (Å²) in [6.45, 7) is 0.707. The molecule has 29 heavy (non-hydrogen) atoms. The number of para-hydroxylation sites is 2. The van der Waals surface area contributed by atoms with Crippen LogP contribution in [0.5, 0.6) is 0 Å². The molecular formula is C22H23N5O2. The Labute approximate surface area is 168 Å². The highest BCUT2D eigenvalue weighted by Crippen LogP contribution is 2.34. The monoisotopic (exact) mass is 389 g/mol. The normalized spacial score (nSPS) is 19.1. The molecule has 148 valence electrons. The molecule has 1 fully saturated rings.